The van der Waals surface area contributed by atoms with Gasteiger partial charge in [0.15, 0.2) is 0 Å². The maximum atomic E-state index is 12.4. The van der Waals surface area contributed by atoms with Crippen molar-refractivity contribution in [1.29, 1.82) is 0 Å². The summed E-state index contributed by atoms with van der Waals surface area (Å²) in [7, 11) is 1.34. The lowest BCUT2D eigenvalue weighted by Gasteiger charge is -2.27. The fourth-order valence-corrected chi connectivity index (χ4v) is 2.31. The number of hydrogen-bond donors (Lipinski definition) is 1. The number of methoxy groups -OCH3 is 1. The first-order valence-corrected chi connectivity index (χ1v) is 7.04. The van der Waals surface area contributed by atoms with Gasteiger partial charge in [-0.1, -0.05) is 20.3 Å². The Morgan fingerprint density at radius 1 is 1.35 bits per heavy atom. The summed E-state index contributed by atoms with van der Waals surface area (Å²) in [4.78, 5) is 24.3. The molecule has 0 bridgehead atoms. The van der Waals surface area contributed by atoms with Crippen LogP contribution in [0.15, 0.2) is 18.3 Å². The average Bonchev–Trinajstić information content (AvgIpc) is 2.86. The normalized spacial score (nSPS) is 13.6. The molecule has 1 amide bonds. The van der Waals surface area contributed by atoms with Crippen LogP contribution in [0.1, 0.15) is 50.5 Å². The predicted molar refractivity (Wildman–Crippen MR) is 77.5 cm³/mol. The first-order chi connectivity index (χ1) is 9.48. The summed E-state index contributed by atoms with van der Waals surface area (Å²) in [6.45, 7) is 6.50. The van der Waals surface area contributed by atoms with E-state index in [9.17, 15) is 9.59 Å². The van der Waals surface area contributed by atoms with E-state index in [1.165, 1.54) is 7.11 Å². The smallest absolute Gasteiger partial charge is 0.331 e. The summed E-state index contributed by atoms with van der Waals surface area (Å²) in [5, 5.41) is 2.81. The first kappa shape index (κ1) is 16.3. The zero-order valence-electron chi connectivity index (χ0n) is 12.7. The lowest BCUT2D eigenvalue weighted by molar-refractivity contribution is -0.147. The number of ether oxygens (including phenoxy) is 1. The lowest BCUT2D eigenvalue weighted by Crippen LogP contribution is -2.53. The number of rotatable bonds is 7. The van der Waals surface area contributed by atoms with E-state index in [0.717, 1.165) is 19.4 Å². The highest BCUT2D eigenvalue weighted by atomic mass is 16.5. The highest BCUT2D eigenvalue weighted by Crippen LogP contribution is 2.16. The van der Waals surface area contributed by atoms with E-state index in [0.29, 0.717) is 12.1 Å². The van der Waals surface area contributed by atoms with Crippen molar-refractivity contribution in [2.75, 3.05) is 7.11 Å². The zero-order chi connectivity index (χ0) is 15.2. The van der Waals surface area contributed by atoms with Crippen molar-refractivity contribution in [2.24, 2.45) is 0 Å². The van der Waals surface area contributed by atoms with Crippen LogP contribution in [0.25, 0.3) is 0 Å². The van der Waals surface area contributed by atoms with Gasteiger partial charge in [-0.25, -0.2) is 4.79 Å². The topological polar surface area (TPSA) is 60.3 Å². The number of carbonyl (C=O) groups excluding carboxylic acids is 2. The first-order valence-electron chi connectivity index (χ1n) is 7.04. The van der Waals surface area contributed by atoms with Crippen molar-refractivity contribution in [1.82, 2.24) is 9.88 Å². The molecule has 5 nitrogen and oxygen atoms in total. The molecule has 0 radical (unpaired) electrons. The van der Waals surface area contributed by atoms with E-state index in [-0.39, 0.29) is 5.91 Å². The van der Waals surface area contributed by atoms with Crippen molar-refractivity contribution in [2.45, 2.75) is 52.1 Å². The summed E-state index contributed by atoms with van der Waals surface area (Å²) in [5.41, 5.74) is -0.417. The zero-order valence-corrected chi connectivity index (χ0v) is 12.7. The number of hydrogen-bond acceptors (Lipinski definition) is 3. The number of esters is 1. The Bertz CT molecular complexity index is 467. The predicted octanol–water partition coefficient (Wildman–Crippen LogP) is 2.36. The molecule has 0 aliphatic heterocycles. The van der Waals surface area contributed by atoms with Crippen LogP contribution >= 0.6 is 0 Å². The Morgan fingerprint density at radius 2 is 2.05 bits per heavy atom. The second kappa shape index (κ2) is 7.12. The second-order valence-electron chi connectivity index (χ2n) is 5.11. The summed E-state index contributed by atoms with van der Waals surface area (Å²) < 4.78 is 6.69. The number of aryl methyl sites for hydroxylation is 1. The number of aromatic nitrogens is 1. The summed E-state index contributed by atoms with van der Waals surface area (Å²) in [5.74, 6) is -0.661. The van der Waals surface area contributed by atoms with Gasteiger partial charge in [-0.3, -0.25) is 4.79 Å². The van der Waals surface area contributed by atoms with E-state index >= 15 is 0 Å². The van der Waals surface area contributed by atoms with Gasteiger partial charge in [0.2, 0.25) is 0 Å². The van der Waals surface area contributed by atoms with Crippen molar-refractivity contribution in [3.05, 3.63) is 24.0 Å². The average molecular weight is 280 g/mol. The molecule has 0 aliphatic carbocycles. The molecule has 0 aromatic carbocycles. The summed E-state index contributed by atoms with van der Waals surface area (Å²) in [6, 6.07) is 3.59. The third kappa shape index (κ3) is 3.62. The standard InChI is InChI=1S/C15H24N2O3/c1-5-9-15(3,14(19)20-4)16-13(18)12-8-7-11-17(12)10-6-2/h7-8,11H,5-6,9-10H2,1-4H3,(H,16,18). The number of nitrogens with zero attached hydrogens (tertiary/aromatic N) is 1. The van der Waals surface area contributed by atoms with Crippen LogP contribution in [0.5, 0.6) is 0 Å². The van der Waals surface area contributed by atoms with Crippen LogP contribution in [0.2, 0.25) is 0 Å². The van der Waals surface area contributed by atoms with Crippen molar-refractivity contribution in [3.8, 4) is 0 Å². The van der Waals surface area contributed by atoms with Gasteiger partial charge in [0, 0.05) is 12.7 Å². The molecule has 0 spiro atoms. The van der Waals surface area contributed by atoms with Crippen molar-refractivity contribution < 1.29 is 14.3 Å². The van der Waals surface area contributed by atoms with Crippen LogP contribution in [0.3, 0.4) is 0 Å². The van der Waals surface area contributed by atoms with Gasteiger partial charge in [-0.2, -0.15) is 0 Å². The number of carbonyl (C=O) groups is 2. The Morgan fingerprint density at radius 3 is 2.60 bits per heavy atom. The molecule has 0 fully saturated rings. The van der Waals surface area contributed by atoms with Crippen LogP contribution < -0.4 is 5.32 Å². The second-order valence-corrected chi connectivity index (χ2v) is 5.11. The molecule has 1 aromatic heterocycles. The molecule has 1 heterocycles. The SMILES string of the molecule is CCCn1cccc1C(=O)NC(C)(CCC)C(=O)OC. The molecular formula is C15H24N2O3. The molecule has 5 heteroatoms. The van der Waals surface area contributed by atoms with Crippen LogP contribution in [0.4, 0.5) is 0 Å². The van der Waals surface area contributed by atoms with Crippen LogP contribution in [0, 0.1) is 0 Å². The molecule has 0 saturated carbocycles. The molecule has 20 heavy (non-hydrogen) atoms. The lowest BCUT2D eigenvalue weighted by atomic mass is 9.96. The minimum atomic E-state index is -0.984. The van der Waals surface area contributed by atoms with Gasteiger partial charge >= 0.3 is 5.97 Å². The van der Waals surface area contributed by atoms with E-state index in [2.05, 4.69) is 12.2 Å². The van der Waals surface area contributed by atoms with Gasteiger partial charge in [0.25, 0.3) is 5.91 Å². The minimum Gasteiger partial charge on any atom is -0.467 e. The molecular weight excluding hydrogens is 256 g/mol. The molecule has 1 atom stereocenters. The summed E-state index contributed by atoms with van der Waals surface area (Å²) >= 11 is 0. The van der Waals surface area contributed by atoms with E-state index in [4.69, 9.17) is 4.74 Å². The van der Waals surface area contributed by atoms with Gasteiger partial charge in [-0.15, -0.1) is 0 Å². The van der Waals surface area contributed by atoms with Crippen molar-refractivity contribution in [3.63, 3.8) is 0 Å². The maximum Gasteiger partial charge on any atom is 0.331 e. The third-order valence-corrected chi connectivity index (χ3v) is 3.30. The molecule has 0 saturated heterocycles. The van der Waals surface area contributed by atoms with Crippen molar-refractivity contribution >= 4 is 11.9 Å². The van der Waals surface area contributed by atoms with E-state index in [1.807, 2.05) is 23.8 Å². The van der Waals surface area contributed by atoms with Gasteiger partial charge < -0.3 is 14.6 Å². The van der Waals surface area contributed by atoms with Crippen LogP contribution in [-0.2, 0) is 16.1 Å². The minimum absolute atomic E-state index is 0.246. The highest BCUT2D eigenvalue weighted by molar-refractivity contribution is 5.96. The van der Waals surface area contributed by atoms with Gasteiger partial charge in [-0.05, 0) is 31.9 Å². The third-order valence-electron chi connectivity index (χ3n) is 3.30. The molecule has 1 N–H and O–H groups in total. The van der Waals surface area contributed by atoms with E-state index in [1.54, 1.807) is 13.0 Å². The Balaban J connectivity index is 2.90. The highest BCUT2D eigenvalue weighted by Gasteiger charge is 2.35. The molecule has 1 unspecified atom stereocenters. The molecule has 112 valence electrons. The molecule has 1 aromatic rings. The van der Waals surface area contributed by atoms with Gasteiger partial charge in [0.1, 0.15) is 11.2 Å². The number of amides is 1. The van der Waals surface area contributed by atoms with E-state index < -0.39 is 11.5 Å². The summed E-state index contributed by atoms with van der Waals surface area (Å²) in [6.07, 6.45) is 4.13. The molecule has 0 aliphatic rings. The van der Waals surface area contributed by atoms with Gasteiger partial charge in [0.05, 0.1) is 7.11 Å². The fraction of sp³-hybridized carbons (Fsp3) is 0.600. The fourth-order valence-electron chi connectivity index (χ4n) is 2.31. The molecule has 1 rings (SSSR count). The Labute approximate surface area is 120 Å². The quantitative estimate of drug-likeness (QED) is 0.780. The monoisotopic (exact) mass is 280 g/mol. The Hall–Kier alpha value is -1.78. The number of nitrogens with one attached hydrogen (secondary N) is 1. The maximum absolute atomic E-state index is 12.4. The van der Waals surface area contributed by atoms with Crippen LogP contribution in [-0.4, -0.2) is 29.1 Å². The Kier molecular flexibility index (Phi) is 5.80. The largest absolute Gasteiger partial charge is 0.467 e.